The number of nitrogens with one attached hydrogen (secondary N) is 1. The van der Waals surface area contributed by atoms with Crippen LogP contribution in [0.15, 0.2) is 76.2 Å². The van der Waals surface area contributed by atoms with Crippen molar-refractivity contribution in [1.82, 2.24) is 29.4 Å². The molecule has 1 fully saturated rings. The van der Waals surface area contributed by atoms with Crippen molar-refractivity contribution >= 4 is 11.7 Å². The molecule has 11 nitrogen and oxygen atoms in total. The first kappa shape index (κ1) is 36.2. The zero-order chi connectivity index (χ0) is 35.1. The number of carbonyl (C=O) groups excluding carboxylic acids is 1. The topological polar surface area (TPSA) is 104 Å². The molecule has 15 heteroatoms. The Morgan fingerprint density at radius 1 is 1.04 bits per heavy atom. The van der Waals surface area contributed by atoms with Gasteiger partial charge < -0.3 is 26.7 Å². The third-order valence-electron chi connectivity index (χ3n) is 9.29. The fourth-order valence-corrected chi connectivity index (χ4v) is 6.77. The molecule has 1 aliphatic carbocycles. The van der Waals surface area contributed by atoms with Gasteiger partial charge in [-0.25, -0.2) is 23.7 Å². The molecule has 2 aromatic carbocycles. The first-order valence-corrected chi connectivity index (χ1v) is 15.9. The van der Waals surface area contributed by atoms with Gasteiger partial charge in [-0.05, 0) is 63.1 Å². The minimum Gasteiger partial charge on any atom is -1.00 e. The lowest BCUT2D eigenvalue weighted by Crippen LogP contribution is -3.00. The fraction of sp³-hybridized carbons (Fsp3) is 0.343. The van der Waals surface area contributed by atoms with Gasteiger partial charge in [0.05, 0.1) is 61.2 Å². The van der Waals surface area contributed by atoms with Gasteiger partial charge in [0.2, 0.25) is 0 Å². The van der Waals surface area contributed by atoms with Gasteiger partial charge in [0, 0.05) is 24.9 Å². The largest absolute Gasteiger partial charge is 1.00 e. The number of aryl methyl sites for hydroxylation is 1. The van der Waals surface area contributed by atoms with E-state index in [4.69, 9.17) is 11.1 Å². The van der Waals surface area contributed by atoms with Crippen LogP contribution in [0.3, 0.4) is 0 Å². The van der Waals surface area contributed by atoms with Crippen molar-refractivity contribution in [2.24, 2.45) is 0 Å². The van der Waals surface area contributed by atoms with E-state index in [0.29, 0.717) is 47.0 Å². The quantitative estimate of drug-likeness (QED) is 0.205. The second-order valence-electron chi connectivity index (χ2n) is 13.0. The molecule has 1 N–H and O–H groups in total. The van der Waals surface area contributed by atoms with Crippen molar-refractivity contribution in [3.8, 4) is 22.8 Å². The number of alkyl halides is 3. The van der Waals surface area contributed by atoms with Crippen molar-refractivity contribution in [3.05, 3.63) is 111 Å². The number of quaternary nitrogens is 1. The van der Waals surface area contributed by atoms with Gasteiger partial charge in [0.15, 0.2) is 5.69 Å². The van der Waals surface area contributed by atoms with Gasteiger partial charge in [-0.3, -0.25) is 4.57 Å². The molecule has 3 aromatic heterocycles. The normalized spacial score (nSPS) is 16.4. The minimum atomic E-state index is -4.63. The van der Waals surface area contributed by atoms with Crippen molar-refractivity contribution < 1.29 is 39.4 Å². The van der Waals surface area contributed by atoms with E-state index in [1.165, 1.54) is 23.0 Å². The number of rotatable bonds is 7. The molecule has 1 saturated carbocycles. The zero-order valence-electron chi connectivity index (χ0n) is 27.9. The third-order valence-corrected chi connectivity index (χ3v) is 9.29. The van der Waals surface area contributed by atoms with E-state index in [1.54, 1.807) is 37.3 Å². The number of aromatic nitrogens is 5. The van der Waals surface area contributed by atoms with E-state index in [2.05, 4.69) is 34.5 Å². The smallest absolute Gasteiger partial charge is 0.416 e. The highest BCUT2D eigenvalue weighted by molar-refractivity contribution is 5.83. The van der Waals surface area contributed by atoms with Gasteiger partial charge in [0.1, 0.15) is 23.7 Å². The molecule has 0 unspecified atom stereocenters. The third kappa shape index (κ3) is 7.10. The van der Waals surface area contributed by atoms with E-state index >= 15 is 0 Å². The molecule has 5 aromatic rings. The van der Waals surface area contributed by atoms with Crippen molar-refractivity contribution in [1.29, 1.82) is 0 Å². The van der Waals surface area contributed by atoms with Gasteiger partial charge in [0.25, 0.3) is 0 Å². The lowest BCUT2D eigenvalue weighted by atomic mass is 9.89. The molecular formula is C35H36ClF3N8O3. The average Bonchev–Trinajstić information content (AvgIpc) is 3.77. The van der Waals surface area contributed by atoms with E-state index in [9.17, 15) is 22.8 Å². The number of benzene rings is 2. The molecule has 262 valence electrons. The number of nitrogens with zero attached hydrogens (tertiary/aromatic N) is 7. The zero-order valence-corrected chi connectivity index (χ0v) is 28.7. The van der Waals surface area contributed by atoms with Gasteiger partial charge in [-0.15, -0.1) is 0 Å². The van der Waals surface area contributed by atoms with E-state index in [0.717, 1.165) is 45.6 Å². The maximum absolute atomic E-state index is 14.1. The Bertz CT molecular complexity index is 2100. The SMILES string of the molecule is [C-]#[N+]c1ccc(-n2nccc2-c2c(C)n(-c3cccc(C(F)(F)F)c3)c(=O)n2C(=O)NC2CCC([N+](C)(C)Cc3cc(C)on3)CC2)cc1.[Cl-]. The van der Waals surface area contributed by atoms with E-state index < -0.39 is 23.5 Å². The van der Waals surface area contributed by atoms with Gasteiger partial charge >= 0.3 is 17.9 Å². The summed E-state index contributed by atoms with van der Waals surface area (Å²) < 4.78 is 50.6. The second kappa shape index (κ2) is 14.0. The molecule has 0 aliphatic heterocycles. The summed E-state index contributed by atoms with van der Waals surface area (Å²) in [6.45, 7) is 11.4. The highest BCUT2D eigenvalue weighted by Gasteiger charge is 2.36. The lowest BCUT2D eigenvalue weighted by Gasteiger charge is -2.41. The molecule has 1 aliphatic rings. The highest BCUT2D eigenvalue weighted by atomic mass is 35.5. The number of halogens is 4. The molecule has 50 heavy (non-hydrogen) atoms. The second-order valence-corrected chi connectivity index (χ2v) is 13.0. The van der Waals surface area contributed by atoms with Crippen LogP contribution in [0.2, 0.25) is 0 Å². The van der Waals surface area contributed by atoms with Crippen molar-refractivity contribution in [2.75, 3.05) is 14.1 Å². The maximum atomic E-state index is 14.1. The molecule has 0 saturated heterocycles. The van der Waals surface area contributed by atoms with Crippen LogP contribution in [0.25, 0.3) is 27.6 Å². The number of hydrogen-bond acceptors (Lipinski definition) is 5. The van der Waals surface area contributed by atoms with Crippen LogP contribution in [-0.2, 0) is 12.7 Å². The Hall–Kier alpha value is -5.13. The Kier molecular flexibility index (Phi) is 10.1. The molecule has 6 rings (SSSR count). The fourth-order valence-electron chi connectivity index (χ4n) is 6.77. The Balaban J connectivity index is 0.00000486. The highest BCUT2D eigenvalue weighted by Crippen LogP contribution is 2.33. The summed E-state index contributed by atoms with van der Waals surface area (Å²) in [5, 5.41) is 11.6. The predicted molar refractivity (Wildman–Crippen MR) is 176 cm³/mol. The predicted octanol–water partition coefficient (Wildman–Crippen LogP) is 3.82. The summed E-state index contributed by atoms with van der Waals surface area (Å²) in [5.74, 6) is 0.759. The molecule has 0 spiro atoms. The van der Waals surface area contributed by atoms with Crippen LogP contribution < -0.4 is 23.4 Å². The lowest BCUT2D eigenvalue weighted by molar-refractivity contribution is -0.929. The van der Waals surface area contributed by atoms with Gasteiger partial charge in [-0.2, -0.15) is 18.3 Å². The van der Waals surface area contributed by atoms with E-state index in [1.807, 2.05) is 13.0 Å². The molecule has 0 radical (unpaired) electrons. The van der Waals surface area contributed by atoms with Crippen LogP contribution in [-0.4, -0.2) is 60.8 Å². The van der Waals surface area contributed by atoms with Crippen LogP contribution in [0, 0.1) is 20.4 Å². The van der Waals surface area contributed by atoms with Crippen molar-refractivity contribution in [3.63, 3.8) is 0 Å². The standard InChI is InChI=1S/C35H35F3N8O3.ClH/c1-22-19-27(42-49-22)21-46(4,5)30-15-11-26(12-16-30)41-33(47)44-32(31-17-18-40-45(31)28-13-9-25(39-3)10-14-28)23(2)43(34(44)48)29-8-6-7-24(20-29)35(36,37)38;/h6-10,13-14,17-20,26,30H,11-12,15-16,21H2,1-2,4-5H3;1H. The minimum absolute atomic E-state index is 0. The summed E-state index contributed by atoms with van der Waals surface area (Å²) >= 11 is 0. The number of imidazole rings is 1. The Labute approximate surface area is 292 Å². The first-order valence-electron chi connectivity index (χ1n) is 15.9. The summed E-state index contributed by atoms with van der Waals surface area (Å²) in [5.41, 5.74) is 0.922. The molecule has 0 atom stereocenters. The monoisotopic (exact) mass is 708 g/mol. The molecule has 0 bridgehead atoms. The number of hydrogen-bond donors (Lipinski definition) is 1. The van der Waals surface area contributed by atoms with Gasteiger partial charge in [-0.1, -0.05) is 23.4 Å². The molecular weight excluding hydrogens is 673 g/mol. The molecule has 3 heterocycles. The average molecular weight is 709 g/mol. The maximum Gasteiger partial charge on any atom is 0.416 e. The number of carbonyl (C=O) groups is 1. The summed E-state index contributed by atoms with van der Waals surface area (Å²) in [7, 11) is 4.30. The van der Waals surface area contributed by atoms with Crippen LogP contribution >= 0.6 is 0 Å². The van der Waals surface area contributed by atoms with Crippen molar-refractivity contribution in [2.45, 2.75) is 64.3 Å². The summed E-state index contributed by atoms with van der Waals surface area (Å²) in [6, 6.07) is 14.1. The van der Waals surface area contributed by atoms with Crippen LogP contribution in [0.1, 0.15) is 48.4 Å². The van der Waals surface area contributed by atoms with E-state index in [-0.39, 0.29) is 35.5 Å². The number of amides is 1. The van der Waals surface area contributed by atoms with Crippen LogP contribution in [0.5, 0.6) is 0 Å². The molecule has 1 amide bonds. The summed E-state index contributed by atoms with van der Waals surface area (Å²) in [6.07, 6.45) is -0.111. The summed E-state index contributed by atoms with van der Waals surface area (Å²) in [4.78, 5) is 31.7. The Morgan fingerprint density at radius 2 is 1.74 bits per heavy atom. The Morgan fingerprint density at radius 3 is 2.36 bits per heavy atom. The first-order chi connectivity index (χ1) is 23.3. The van der Waals surface area contributed by atoms with Crippen LogP contribution in [0.4, 0.5) is 23.7 Å².